The third-order valence-corrected chi connectivity index (χ3v) is 4.11. The summed E-state index contributed by atoms with van der Waals surface area (Å²) in [7, 11) is 1.74. The van der Waals surface area contributed by atoms with Crippen molar-refractivity contribution in [1.82, 2.24) is 15.2 Å². The molecule has 1 aliphatic rings. The number of hydrogen-bond acceptors (Lipinski definition) is 4. The maximum Gasteiger partial charge on any atom is 0.150 e. The molecular formula is C16H22N4O. The number of hydrogen-bond donors (Lipinski definition) is 1. The molecule has 0 radical (unpaired) electrons. The molecule has 0 saturated heterocycles. The summed E-state index contributed by atoms with van der Waals surface area (Å²) in [4.78, 5) is 6.88. The Morgan fingerprint density at radius 2 is 2.24 bits per heavy atom. The molecule has 0 unspecified atom stereocenters. The van der Waals surface area contributed by atoms with E-state index in [4.69, 9.17) is 4.74 Å². The number of fused-ring (bicyclic) bond motifs is 1. The van der Waals surface area contributed by atoms with Gasteiger partial charge in [-0.25, -0.2) is 4.98 Å². The Hall–Kier alpha value is -2.04. The number of anilines is 1. The van der Waals surface area contributed by atoms with Gasteiger partial charge in [0.2, 0.25) is 0 Å². The van der Waals surface area contributed by atoms with Crippen molar-refractivity contribution >= 4 is 5.69 Å². The minimum absolute atomic E-state index is 0.750. The van der Waals surface area contributed by atoms with Crippen LogP contribution in [0.2, 0.25) is 0 Å². The molecule has 2 aromatic rings. The van der Waals surface area contributed by atoms with Gasteiger partial charge >= 0.3 is 0 Å². The Bertz CT molecular complexity index is 635. The standard InChI is InChI=1S/C16H22N4O/c1-4-14-17-15(19-18-14)10-20-9-5-6-12-11(2)7-8-13(21-3)16(12)20/h7-8H,4-6,9-10H2,1-3H3,(H,17,18,19). The minimum Gasteiger partial charge on any atom is -0.495 e. The molecule has 5 nitrogen and oxygen atoms in total. The first-order valence-corrected chi connectivity index (χ1v) is 7.54. The lowest BCUT2D eigenvalue weighted by Crippen LogP contribution is -2.30. The SMILES string of the molecule is CCc1n[nH]c(CN2CCCc3c(C)ccc(OC)c32)n1. The average molecular weight is 286 g/mol. The molecule has 5 heteroatoms. The van der Waals surface area contributed by atoms with Crippen molar-refractivity contribution in [2.24, 2.45) is 0 Å². The number of aromatic nitrogens is 3. The van der Waals surface area contributed by atoms with Crippen LogP contribution in [0.3, 0.4) is 0 Å². The summed E-state index contributed by atoms with van der Waals surface area (Å²) in [5, 5.41) is 7.27. The van der Waals surface area contributed by atoms with Gasteiger partial charge in [0.05, 0.1) is 19.3 Å². The monoisotopic (exact) mass is 286 g/mol. The zero-order valence-electron chi connectivity index (χ0n) is 12.9. The van der Waals surface area contributed by atoms with E-state index in [0.29, 0.717) is 0 Å². The number of benzene rings is 1. The molecule has 1 aromatic carbocycles. The molecule has 0 saturated carbocycles. The predicted octanol–water partition coefficient (Wildman–Crippen LogP) is 2.64. The summed E-state index contributed by atoms with van der Waals surface area (Å²) >= 11 is 0. The lowest BCUT2D eigenvalue weighted by atomic mass is 9.96. The van der Waals surface area contributed by atoms with Crippen molar-refractivity contribution in [3.8, 4) is 5.75 Å². The topological polar surface area (TPSA) is 54.0 Å². The number of nitrogens with zero attached hydrogens (tertiary/aromatic N) is 3. The Labute approximate surface area is 125 Å². The molecular weight excluding hydrogens is 264 g/mol. The summed E-state index contributed by atoms with van der Waals surface area (Å²) in [5.41, 5.74) is 3.95. The average Bonchev–Trinajstić information content (AvgIpc) is 2.96. The molecule has 112 valence electrons. The zero-order chi connectivity index (χ0) is 14.8. The Kier molecular flexibility index (Phi) is 3.82. The molecule has 0 fully saturated rings. The number of aromatic amines is 1. The quantitative estimate of drug-likeness (QED) is 0.938. The van der Waals surface area contributed by atoms with E-state index >= 15 is 0 Å². The fourth-order valence-corrected chi connectivity index (χ4v) is 3.00. The maximum atomic E-state index is 5.57. The smallest absolute Gasteiger partial charge is 0.150 e. The van der Waals surface area contributed by atoms with Gasteiger partial charge in [0.15, 0.2) is 5.82 Å². The number of rotatable bonds is 4. The highest BCUT2D eigenvalue weighted by Gasteiger charge is 2.23. The van der Waals surface area contributed by atoms with E-state index in [9.17, 15) is 0 Å². The second kappa shape index (κ2) is 5.76. The van der Waals surface area contributed by atoms with Gasteiger partial charge in [-0.1, -0.05) is 13.0 Å². The van der Waals surface area contributed by atoms with E-state index in [0.717, 1.165) is 49.8 Å². The lowest BCUT2D eigenvalue weighted by Gasteiger charge is -2.32. The zero-order valence-corrected chi connectivity index (χ0v) is 12.9. The Balaban J connectivity index is 1.94. The van der Waals surface area contributed by atoms with Gasteiger partial charge in [-0.05, 0) is 37.0 Å². The number of ether oxygens (including phenoxy) is 1. The van der Waals surface area contributed by atoms with Gasteiger partial charge in [0, 0.05) is 13.0 Å². The molecule has 0 spiro atoms. The first kappa shape index (κ1) is 13.9. The van der Waals surface area contributed by atoms with Crippen LogP contribution in [0.15, 0.2) is 12.1 Å². The van der Waals surface area contributed by atoms with Crippen LogP contribution in [0, 0.1) is 6.92 Å². The molecule has 1 aliphatic heterocycles. The lowest BCUT2D eigenvalue weighted by molar-refractivity contribution is 0.412. The molecule has 21 heavy (non-hydrogen) atoms. The van der Waals surface area contributed by atoms with E-state index in [-0.39, 0.29) is 0 Å². The summed E-state index contributed by atoms with van der Waals surface area (Å²) in [6.07, 6.45) is 3.14. The van der Waals surface area contributed by atoms with Gasteiger partial charge in [-0.2, -0.15) is 5.10 Å². The Morgan fingerprint density at radius 1 is 1.38 bits per heavy atom. The fourth-order valence-electron chi connectivity index (χ4n) is 3.00. The van der Waals surface area contributed by atoms with Crippen molar-refractivity contribution in [2.45, 2.75) is 39.7 Å². The summed E-state index contributed by atoms with van der Waals surface area (Å²) in [6.45, 7) is 6.01. The van der Waals surface area contributed by atoms with E-state index in [2.05, 4.69) is 46.1 Å². The highest BCUT2D eigenvalue weighted by atomic mass is 16.5. The van der Waals surface area contributed by atoms with E-state index in [1.54, 1.807) is 7.11 Å². The van der Waals surface area contributed by atoms with Gasteiger partial charge in [0.25, 0.3) is 0 Å². The van der Waals surface area contributed by atoms with E-state index in [1.165, 1.54) is 16.8 Å². The highest BCUT2D eigenvalue weighted by molar-refractivity contribution is 5.67. The Morgan fingerprint density at radius 3 is 2.95 bits per heavy atom. The molecule has 0 amide bonds. The molecule has 0 bridgehead atoms. The third-order valence-electron chi connectivity index (χ3n) is 4.11. The molecule has 1 N–H and O–H groups in total. The van der Waals surface area contributed by atoms with Crippen LogP contribution in [0.5, 0.6) is 5.75 Å². The highest BCUT2D eigenvalue weighted by Crippen LogP contribution is 2.38. The number of H-pyrrole nitrogens is 1. The molecule has 3 rings (SSSR count). The second-order valence-corrected chi connectivity index (χ2v) is 5.49. The van der Waals surface area contributed by atoms with Crippen LogP contribution < -0.4 is 9.64 Å². The van der Waals surface area contributed by atoms with Crippen LogP contribution in [0.25, 0.3) is 0 Å². The molecule has 0 aliphatic carbocycles. The van der Waals surface area contributed by atoms with Crippen LogP contribution in [-0.2, 0) is 19.4 Å². The van der Waals surface area contributed by atoms with Gasteiger partial charge in [-0.15, -0.1) is 0 Å². The number of nitrogens with one attached hydrogen (secondary N) is 1. The minimum atomic E-state index is 0.750. The maximum absolute atomic E-state index is 5.57. The molecule has 0 atom stereocenters. The number of aryl methyl sites for hydroxylation is 2. The molecule has 2 heterocycles. The normalized spacial score (nSPS) is 14.1. The van der Waals surface area contributed by atoms with Crippen molar-refractivity contribution in [3.63, 3.8) is 0 Å². The van der Waals surface area contributed by atoms with Crippen LogP contribution in [-0.4, -0.2) is 28.8 Å². The van der Waals surface area contributed by atoms with Crippen molar-refractivity contribution in [1.29, 1.82) is 0 Å². The number of methoxy groups -OCH3 is 1. The largest absolute Gasteiger partial charge is 0.495 e. The van der Waals surface area contributed by atoms with Gasteiger partial charge in [-0.3, -0.25) is 5.10 Å². The molecule has 1 aromatic heterocycles. The first-order chi connectivity index (χ1) is 10.2. The van der Waals surface area contributed by atoms with Gasteiger partial charge < -0.3 is 9.64 Å². The fraction of sp³-hybridized carbons (Fsp3) is 0.500. The van der Waals surface area contributed by atoms with Crippen LogP contribution in [0.4, 0.5) is 5.69 Å². The van der Waals surface area contributed by atoms with E-state index in [1.807, 2.05) is 0 Å². The first-order valence-electron chi connectivity index (χ1n) is 7.54. The second-order valence-electron chi connectivity index (χ2n) is 5.49. The van der Waals surface area contributed by atoms with Crippen LogP contribution in [0.1, 0.15) is 36.1 Å². The van der Waals surface area contributed by atoms with E-state index < -0.39 is 0 Å². The van der Waals surface area contributed by atoms with Gasteiger partial charge in [0.1, 0.15) is 11.6 Å². The summed E-state index contributed by atoms with van der Waals surface area (Å²) in [6, 6.07) is 4.20. The summed E-state index contributed by atoms with van der Waals surface area (Å²) in [5.74, 6) is 2.74. The van der Waals surface area contributed by atoms with Crippen molar-refractivity contribution < 1.29 is 4.74 Å². The van der Waals surface area contributed by atoms with Crippen molar-refractivity contribution in [2.75, 3.05) is 18.6 Å². The predicted molar refractivity (Wildman–Crippen MR) is 82.9 cm³/mol. The summed E-state index contributed by atoms with van der Waals surface area (Å²) < 4.78 is 5.57. The third kappa shape index (κ3) is 2.60. The van der Waals surface area contributed by atoms with Crippen LogP contribution >= 0.6 is 0 Å². The van der Waals surface area contributed by atoms with Crippen molar-refractivity contribution in [3.05, 3.63) is 34.9 Å².